The van der Waals surface area contributed by atoms with Crippen molar-refractivity contribution in [3.63, 3.8) is 0 Å². The molecule has 0 aliphatic heterocycles. The second-order valence-corrected chi connectivity index (χ2v) is 12.1. The molecule has 0 unspecified atom stereocenters. The summed E-state index contributed by atoms with van der Waals surface area (Å²) >= 11 is 2.73. The van der Waals surface area contributed by atoms with E-state index in [-0.39, 0.29) is 0 Å². The molecule has 0 rings (SSSR count). The van der Waals surface area contributed by atoms with E-state index >= 15 is 0 Å². The lowest BCUT2D eigenvalue weighted by molar-refractivity contribution is 0.396. The van der Waals surface area contributed by atoms with Gasteiger partial charge in [0.2, 0.25) is 0 Å². The van der Waals surface area contributed by atoms with Gasteiger partial charge in [-0.25, -0.2) is 8.61 Å². The molecule has 0 radical (unpaired) electrons. The predicted octanol–water partition coefficient (Wildman–Crippen LogP) is 4.84. The molecular formula is C13H31IN2S. The Hall–Kier alpha value is 1.00. The number of halogens is 1. The van der Waals surface area contributed by atoms with Crippen LogP contribution in [-0.4, -0.2) is 41.0 Å². The van der Waals surface area contributed by atoms with Crippen molar-refractivity contribution < 1.29 is 0 Å². The fraction of sp³-hybridized carbons (Fsp3) is 1.00. The molecule has 17 heavy (non-hydrogen) atoms. The van der Waals surface area contributed by atoms with E-state index in [1.165, 1.54) is 51.9 Å². The standard InChI is InChI=1S/C13H31IN2S/c1-6-10-15(11-7-2)17(5,14)16(12-8-3)13-9-4/h6-13H2,1-5H3. The number of hydrogen-bond acceptors (Lipinski definition) is 2. The van der Waals surface area contributed by atoms with Gasteiger partial charge in [0.05, 0.1) is 0 Å². The van der Waals surface area contributed by atoms with Crippen LogP contribution in [0.25, 0.3) is 0 Å². The van der Waals surface area contributed by atoms with Crippen molar-refractivity contribution in [2.24, 2.45) is 0 Å². The molecule has 0 spiro atoms. The summed E-state index contributed by atoms with van der Waals surface area (Å²) in [6.45, 7) is 14.1. The van der Waals surface area contributed by atoms with E-state index in [4.69, 9.17) is 0 Å². The van der Waals surface area contributed by atoms with Crippen LogP contribution < -0.4 is 0 Å². The fourth-order valence-electron chi connectivity index (χ4n) is 2.05. The third-order valence-corrected chi connectivity index (χ3v) is 8.79. The first kappa shape index (κ1) is 18.0. The van der Waals surface area contributed by atoms with Gasteiger partial charge in [-0.05, 0) is 31.9 Å². The summed E-state index contributed by atoms with van der Waals surface area (Å²) in [7, 11) is -0.775. The maximum atomic E-state index is 2.73. The Labute approximate surface area is 123 Å². The third kappa shape index (κ3) is 6.12. The highest BCUT2D eigenvalue weighted by Crippen LogP contribution is 2.59. The summed E-state index contributed by atoms with van der Waals surface area (Å²) in [5, 5.41) is 0. The maximum Gasteiger partial charge on any atom is 0.00895 e. The SMILES string of the molecule is CCCN(CCC)S(C)(I)N(CCC)CCC. The van der Waals surface area contributed by atoms with E-state index in [1.54, 1.807) is 0 Å². The smallest absolute Gasteiger partial charge is 0.00895 e. The van der Waals surface area contributed by atoms with Crippen molar-refractivity contribution in [3.05, 3.63) is 0 Å². The molecule has 0 aliphatic rings. The fourth-order valence-corrected chi connectivity index (χ4v) is 6.80. The first-order valence-corrected chi connectivity index (χ1v) is 11.5. The molecule has 0 aliphatic carbocycles. The Balaban J connectivity index is 4.71. The van der Waals surface area contributed by atoms with E-state index in [0.29, 0.717) is 0 Å². The average molecular weight is 374 g/mol. The largest absolute Gasteiger partial charge is 0.248 e. The van der Waals surface area contributed by atoms with E-state index in [2.05, 4.69) is 63.8 Å². The van der Waals surface area contributed by atoms with Crippen molar-refractivity contribution in [1.82, 2.24) is 8.61 Å². The average Bonchev–Trinajstić information content (AvgIpc) is 2.28. The van der Waals surface area contributed by atoms with Crippen LogP contribution in [0, 0.1) is 0 Å². The molecule has 2 nitrogen and oxygen atoms in total. The summed E-state index contributed by atoms with van der Waals surface area (Å²) in [4.78, 5) is 0. The Morgan fingerprint density at radius 1 is 0.706 bits per heavy atom. The van der Waals surface area contributed by atoms with Crippen molar-refractivity contribution in [2.45, 2.75) is 53.4 Å². The number of hydrogen-bond donors (Lipinski definition) is 0. The van der Waals surface area contributed by atoms with E-state index in [9.17, 15) is 0 Å². The summed E-state index contributed by atoms with van der Waals surface area (Å²) in [6, 6.07) is 0. The molecule has 106 valence electrons. The highest BCUT2D eigenvalue weighted by molar-refractivity contribution is 14.2. The summed E-state index contributed by atoms with van der Waals surface area (Å²) < 4.78 is 5.44. The summed E-state index contributed by atoms with van der Waals surface area (Å²) in [5.74, 6) is 0. The van der Waals surface area contributed by atoms with Gasteiger partial charge in [0.1, 0.15) is 0 Å². The molecular weight excluding hydrogens is 343 g/mol. The molecule has 0 saturated heterocycles. The Morgan fingerprint density at radius 2 is 0.941 bits per heavy atom. The summed E-state index contributed by atoms with van der Waals surface area (Å²) in [6.07, 6.45) is 7.51. The second-order valence-electron chi connectivity index (χ2n) is 4.60. The highest BCUT2D eigenvalue weighted by atomic mass is 127. The van der Waals surface area contributed by atoms with Gasteiger partial charge >= 0.3 is 0 Å². The van der Waals surface area contributed by atoms with Crippen LogP contribution in [0.5, 0.6) is 0 Å². The minimum atomic E-state index is -0.775. The predicted molar refractivity (Wildman–Crippen MR) is 91.8 cm³/mol. The van der Waals surface area contributed by atoms with Crippen LogP contribution in [0.15, 0.2) is 0 Å². The third-order valence-electron chi connectivity index (χ3n) is 2.83. The minimum absolute atomic E-state index is 0.775. The van der Waals surface area contributed by atoms with Crippen LogP contribution in [0.1, 0.15) is 53.4 Å². The molecule has 0 fully saturated rings. The molecule has 0 amide bonds. The minimum Gasteiger partial charge on any atom is -0.248 e. The zero-order valence-electron chi connectivity index (χ0n) is 12.3. The van der Waals surface area contributed by atoms with Crippen molar-refractivity contribution >= 4 is 28.8 Å². The zero-order chi connectivity index (χ0) is 13.3. The van der Waals surface area contributed by atoms with Gasteiger partial charge < -0.3 is 0 Å². The lowest BCUT2D eigenvalue weighted by Gasteiger charge is -2.49. The first-order valence-electron chi connectivity index (χ1n) is 7.02. The van der Waals surface area contributed by atoms with E-state index < -0.39 is 7.57 Å². The molecule has 0 aromatic heterocycles. The quantitative estimate of drug-likeness (QED) is 0.505. The van der Waals surface area contributed by atoms with Gasteiger partial charge in [-0.3, -0.25) is 0 Å². The molecule has 0 N–H and O–H groups in total. The highest BCUT2D eigenvalue weighted by Gasteiger charge is 2.28. The molecule has 0 aromatic carbocycles. The Bertz CT molecular complexity index is 158. The number of nitrogens with zero attached hydrogens (tertiary/aromatic N) is 2. The monoisotopic (exact) mass is 374 g/mol. The zero-order valence-corrected chi connectivity index (χ0v) is 15.3. The Kier molecular flexibility index (Phi) is 10.4. The van der Waals surface area contributed by atoms with Crippen LogP contribution in [0.2, 0.25) is 0 Å². The van der Waals surface area contributed by atoms with Gasteiger partial charge in [0, 0.05) is 47.4 Å². The van der Waals surface area contributed by atoms with Crippen LogP contribution in [0.3, 0.4) is 0 Å². The topological polar surface area (TPSA) is 6.48 Å². The van der Waals surface area contributed by atoms with Crippen LogP contribution in [-0.2, 0) is 0 Å². The van der Waals surface area contributed by atoms with Crippen molar-refractivity contribution in [2.75, 3.05) is 32.4 Å². The van der Waals surface area contributed by atoms with Gasteiger partial charge in [0.25, 0.3) is 0 Å². The van der Waals surface area contributed by atoms with E-state index in [0.717, 1.165) is 0 Å². The molecule has 4 heteroatoms. The summed E-state index contributed by atoms with van der Waals surface area (Å²) in [5.41, 5.74) is 0. The molecule has 0 heterocycles. The van der Waals surface area contributed by atoms with Gasteiger partial charge in [-0.1, -0.05) is 35.3 Å². The van der Waals surface area contributed by atoms with Crippen molar-refractivity contribution in [1.29, 1.82) is 0 Å². The lowest BCUT2D eigenvalue weighted by atomic mass is 10.4. The molecule has 0 aromatic rings. The first-order chi connectivity index (χ1) is 8.04. The molecule has 0 atom stereocenters. The van der Waals surface area contributed by atoms with Crippen LogP contribution >= 0.6 is 28.8 Å². The Morgan fingerprint density at radius 3 is 1.12 bits per heavy atom. The van der Waals surface area contributed by atoms with E-state index in [1.807, 2.05) is 0 Å². The second kappa shape index (κ2) is 9.87. The maximum absolute atomic E-state index is 2.73. The lowest BCUT2D eigenvalue weighted by Crippen LogP contribution is -2.38. The van der Waals surface area contributed by atoms with Gasteiger partial charge in [-0.15, -0.1) is 0 Å². The molecule has 0 bridgehead atoms. The normalized spacial score (nSPS) is 13.6. The number of rotatable bonds is 10. The van der Waals surface area contributed by atoms with Gasteiger partial charge in [-0.2, -0.15) is 0 Å². The molecule has 0 saturated carbocycles. The van der Waals surface area contributed by atoms with Crippen LogP contribution in [0.4, 0.5) is 0 Å². The van der Waals surface area contributed by atoms with Gasteiger partial charge in [0.15, 0.2) is 0 Å². The van der Waals surface area contributed by atoms with Crippen molar-refractivity contribution in [3.8, 4) is 0 Å².